The molecular formula is C31H23BrCl2N2O5. The maximum absolute atomic E-state index is 14.0. The molecule has 41 heavy (non-hydrogen) atoms. The van der Waals surface area contributed by atoms with E-state index in [4.69, 9.17) is 23.2 Å². The number of halogens is 3. The van der Waals surface area contributed by atoms with Gasteiger partial charge < -0.3 is 5.11 Å². The Morgan fingerprint density at radius 2 is 1.61 bits per heavy atom. The second-order valence-corrected chi connectivity index (χ2v) is 13.4. The number of anilines is 1. The van der Waals surface area contributed by atoms with Crippen LogP contribution in [-0.2, 0) is 19.2 Å². The summed E-state index contributed by atoms with van der Waals surface area (Å²) in [5, 5.41) is 12.9. The van der Waals surface area contributed by atoms with Gasteiger partial charge in [-0.15, -0.1) is 23.2 Å². The average molecular weight is 654 g/mol. The number of alkyl halides is 2. The maximum atomic E-state index is 14.0. The third kappa shape index (κ3) is 3.32. The number of allylic oxidation sites excluding steroid dienone is 2. The van der Waals surface area contributed by atoms with Gasteiger partial charge in [-0.25, -0.2) is 0 Å². The standard InChI is InChI=1S/C31H23BrCl2N2O5/c1-35-28(40)30(33)14-22-19(12-13-20-23(22)27(39)36(26(20)38)17-9-7-16(32)8-10-17)24(31(30,34)29(35)41)21-11-6-15-4-2-3-5-18(15)25(21)37/h2-12,20,22-24,37H,13-14H2,1H3. The summed E-state index contributed by atoms with van der Waals surface area (Å²) in [5.41, 5.74) is 1.44. The van der Waals surface area contributed by atoms with Crippen LogP contribution in [0.1, 0.15) is 24.3 Å². The third-order valence-corrected chi connectivity index (χ3v) is 11.3. The van der Waals surface area contributed by atoms with Crippen molar-refractivity contribution in [3.05, 3.63) is 82.3 Å². The van der Waals surface area contributed by atoms with Crippen molar-refractivity contribution in [3.8, 4) is 5.75 Å². The first kappa shape index (κ1) is 26.7. The Morgan fingerprint density at radius 3 is 2.34 bits per heavy atom. The Hall–Kier alpha value is -3.20. The van der Waals surface area contributed by atoms with Crippen LogP contribution in [0.5, 0.6) is 5.75 Å². The first-order valence-corrected chi connectivity index (χ1v) is 14.8. The molecule has 0 spiro atoms. The summed E-state index contributed by atoms with van der Waals surface area (Å²) in [6.45, 7) is 0. The van der Waals surface area contributed by atoms with Gasteiger partial charge in [-0.2, -0.15) is 0 Å². The van der Waals surface area contributed by atoms with Crippen LogP contribution in [-0.4, -0.2) is 50.4 Å². The van der Waals surface area contributed by atoms with E-state index in [1.165, 1.54) is 11.9 Å². The van der Waals surface area contributed by atoms with Crippen LogP contribution in [0, 0.1) is 17.8 Å². The number of phenolic OH excluding ortho intramolecular Hbond substituents is 1. The summed E-state index contributed by atoms with van der Waals surface area (Å²) in [7, 11) is 1.34. The molecule has 0 aromatic heterocycles. The molecule has 0 bridgehead atoms. The Labute approximate surface area is 253 Å². The number of carbonyl (C=O) groups is 4. The summed E-state index contributed by atoms with van der Waals surface area (Å²) >= 11 is 17.8. The molecule has 3 aromatic carbocycles. The molecule has 2 saturated heterocycles. The second kappa shape index (κ2) is 8.90. The number of fused-ring (bicyclic) bond motifs is 5. The van der Waals surface area contributed by atoms with E-state index >= 15 is 0 Å². The predicted octanol–water partition coefficient (Wildman–Crippen LogP) is 5.50. The number of imide groups is 2. The maximum Gasteiger partial charge on any atom is 0.253 e. The molecule has 7 nitrogen and oxygen atoms in total. The molecule has 10 heteroatoms. The zero-order valence-electron chi connectivity index (χ0n) is 21.7. The van der Waals surface area contributed by atoms with E-state index in [1.54, 1.807) is 42.5 Å². The van der Waals surface area contributed by atoms with Gasteiger partial charge in [0.2, 0.25) is 11.8 Å². The number of rotatable bonds is 2. The van der Waals surface area contributed by atoms with Crippen molar-refractivity contribution in [2.24, 2.45) is 17.8 Å². The molecule has 7 rings (SSSR count). The normalized spacial score (nSPS) is 32.7. The number of phenols is 1. The summed E-state index contributed by atoms with van der Waals surface area (Å²) < 4.78 is 0.808. The van der Waals surface area contributed by atoms with E-state index < -0.39 is 45.2 Å². The van der Waals surface area contributed by atoms with Crippen molar-refractivity contribution in [2.75, 3.05) is 11.9 Å². The van der Waals surface area contributed by atoms with Crippen molar-refractivity contribution in [1.29, 1.82) is 0 Å². The lowest BCUT2D eigenvalue weighted by atomic mass is 9.56. The zero-order chi connectivity index (χ0) is 29.0. The number of benzene rings is 3. The van der Waals surface area contributed by atoms with E-state index in [0.29, 0.717) is 22.2 Å². The molecule has 6 unspecified atom stereocenters. The fraction of sp³-hybridized carbons (Fsp3) is 0.290. The first-order chi connectivity index (χ1) is 19.5. The lowest BCUT2D eigenvalue weighted by Crippen LogP contribution is -2.60. The molecule has 3 fully saturated rings. The van der Waals surface area contributed by atoms with E-state index in [-0.39, 0.29) is 30.4 Å². The van der Waals surface area contributed by atoms with Gasteiger partial charge in [0.15, 0.2) is 9.75 Å². The molecular weight excluding hydrogens is 631 g/mol. The number of nitrogens with zero attached hydrogens (tertiary/aromatic N) is 2. The molecule has 6 atom stereocenters. The van der Waals surface area contributed by atoms with Crippen LogP contribution in [0.2, 0.25) is 0 Å². The Balaban J connectivity index is 1.42. The van der Waals surface area contributed by atoms with Crippen molar-refractivity contribution in [1.82, 2.24) is 4.90 Å². The minimum Gasteiger partial charge on any atom is -0.507 e. The van der Waals surface area contributed by atoms with Crippen molar-refractivity contribution >= 4 is 79.2 Å². The monoisotopic (exact) mass is 652 g/mol. The molecule has 208 valence electrons. The number of aromatic hydroxyl groups is 1. The Bertz CT molecular complexity index is 1740. The minimum atomic E-state index is -1.95. The van der Waals surface area contributed by atoms with Crippen LogP contribution >= 0.6 is 39.1 Å². The number of carbonyl (C=O) groups excluding carboxylic acids is 4. The Morgan fingerprint density at radius 1 is 0.902 bits per heavy atom. The molecule has 0 radical (unpaired) electrons. The summed E-state index contributed by atoms with van der Waals surface area (Å²) in [6, 6.07) is 17.7. The van der Waals surface area contributed by atoms with Crippen molar-refractivity contribution < 1.29 is 24.3 Å². The molecule has 2 aliphatic carbocycles. The van der Waals surface area contributed by atoms with Crippen LogP contribution in [0.3, 0.4) is 0 Å². The van der Waals surface area contributed by atoms with Gasteiger partial charge in [0.05, 0.1) is 17.5 Å². The predicted molar refractivity (Wildman–Crippen MR) is 158 cm³/mol. The van der Waals surface area contributed by atoms with Gasteiger partial charge in [-0.3, -0.25) is 29.0 Å². The average Bonchev–Trinajstić information content (AvgIpc) is 3.29. The fourth-order valence-corrected chi connectivity index (χ4v) is 8.71. The SMILES string of the molecule is CN1C(=O)C2(Cl)CC3C(=CCC4C(=O)N(c5ccc(Br)cc5)C(=O)C43)C(c3ccc4ccccc4c3O)C2(Cl)C1=O. The highest BCUT2D eigenvalue weighted by atomic mass is 79.9. The second-order valence-electron chi connectivity index (χ2n) is 11.2. The van der Waals surface area contributed by atoms with Crippen molar-refractivity contribution in [3.63, 3.8) is 0 Å². The number of likely N-dealkylation sites (tertiary alicyclic amines) is 1. The summed E-state index contributed by atoms with van der Waals surface area (Å²) in [4.78, 5) is 53.4. The molecule has 4 aliphatic rings. The zero-order valence-corrected chi connectivity index (χ0v) is 24.8. The topological polar surface area (TPSA) is 95.0 Å². The van der Waals surface area contributed by atoms with E-state index in [2.05, 4.69) is 15.9 Å². The minimum absolute atomic E-state index is 0.0732. The van der Waals surface area contributed by atoms with Gasteiger partial charge in [0.25, 0.3) is 11.8 Å². The van der Waals surface area contributed by atoms with Crippen LogP contribution < -0.4 is 4.90 Å². The van der Waals surface area contributed by atoms with Gasteiger partial charge in [0, 0.05) is 28.4 Å². The van der Waals surface area contributed by atoms with Crippen LogP contribution in [0.4, 0.5) is 5.69 Å². The van der Waals surface area contributed by atoms with Gasteiger partial charge in [0.1, 0.15) is 5.75 Å². The first-order valence-electron chi connectivity index (χ1n) is 13.2. The molecule has 1 N–H and O–H groups in total. The molecule has 3 aromatic rings. The molecule has 2 aliphatic heterocycles. The van der Waals surface area contributed by atoms with E-state index in [0.717, 1.165) is 14.8 Å². The highest BCUT2D eigenvalue weighted by Crippen LogP contribution is 2.66. The summed E-state index contributed by atoms with van der Waals surface area (Å²) in [6.07, 6.45) is 2.01. The highest BCUT2D eigenvalue weighted by Gasteiger charge is 2.76. The van der Waals surface area contributed by atoms with Crippen molar-refractivity contribution in [2.45, 2.75) is 28.5 Å². The molecule has 4 amide bonds. The van der Waals surface area contributed by atoms with E-state index in [9.17, 15) is 24.3 Å². The van der Waals surface area contributed by atoms with Gasteiger partial charge in [-0.05, 0) is 48.4 Å². The number of amides is 4. The fourth-order valence-electron chi connectivity index (χ4n) is 7.44. The number of hydrogen-bond donors (Lipinski definition) is 1. The van der Waals surface area contributed by atoms with Crippen LogP contribution in [0.15, 0.2) is 76.8 Å². The lowest BCUT2D eigenvalue weighted by Gasteiger charge is -2.50. The smallest absolute Gasteiger partial charge is 0.253 e. The molecule has 2 heterocycles. The quantitative estimate of drug-likeness (QED) is 0.224. The van der Waals surface area contributed by atoms with E-state index in [1.807, 2.05) is 24.3 Å². The highest BCUT2D eigenvalue weighted by molar-refractivity contribution is 9.10. The van der Waals surface area contributed by atoms with Crippen LogP contribution in [0.25, 0.3) is 10.8 Å². The summed E-state index contributed by atoms with van der Waals surface area (Å²) in [5.74, 6) is -5.23. The molecule has 1 saturated carbocycles. The number of hydrogen-bond acceptors (Lipinski definition) is 5. The lowest BCUT2D eigenvalue weighted by molar-refractivity contribution is -0.138. The van der Waals surface area contributed by atoms with Gasteiger partial charge >= 0.3 is 0 Å². The largest absolute Gasteiger partial charge is 0.507 e. The Kier molecular flexibility index (Phi) is 5.79. The third-order valence-electron chi connectivity index (χ3n) is 9.34. The van der Waals surface area contributed by atoms with Gasteiger partial charge in [-0.1, -0.05) is 64.0 Å².